The van der Waals surface area contributed by atoms with Crippen LogP contribution in [-0.4, -0.2) is 12.6 Å². The molecule has 2 aromatic rings. The molecule has 0 heterocycles. The van der Waals surface area contributed by atoms with Gasteiger partial charge in [-0.05, 0) is 35.7 Å². The molecular weight excluding hydrogens is 352 g/mol. The number of carbonyl (C=O) groups is 1. The molecule has 0 aliphatic heterocycles. The number of halogens is 2. The zero-order valence-corrected chi connectivity index (χ0v) is 13.7. The minimum atomic E-state index is -0.173. The van der Waals surface area contributed by atoms with E-state index in [1.54, 1.807) is 0 Å². The smallest absolute Gasteiger partial charge is 0.315 e. The summed E-state index contributed by atoms with van der Waals surface area (Å²) in [5, 5.41) is 6.38. The number of hydrogen-bond donors (Lipinski definition) is 2. The van der Waals surface area contributed by atoms with Crippen LogP contribution in [0.25, 0.3) is 0 Å². The summed E-state index contributed by atoms with van der Waals surface area (Å²) in [6.45, 7) is 1.06. The quantitative estimate of drug-likeness (QED) is 0.819. The highest BCUT2D eigenvalue weighted by Gasteiger charge is 2.02. The lowest BCUT2D eigenvalue weighted by Gasteiger charge is -2.09. The largest absolute Gasteiger partial charge is 0.338 e. The SMILES string of the molecule is O=C(NCCc1cccc(Cl)c1)NCc1ccccc1Br. The summed E-state index contributed by atoms with van der Waals surface area (Å²) < 4.78 is 0.990. The molecule has 0 saturated carbocycles. The normalized spacial score (nSPS) is 10.2. The second kappa shape index (κ2) is 8.05. The van der Waals surface area contributed by atoms with Gasteiger partial charge in [-0.1, -0.05) is 57.9 Å². The van der Waals surface area contributed by atoms with Crippen LogP contribution in [0.1, 0.15) is 11.1 Å². The Bertz CT molecular complexity index is 619. The van der Waals surface area contributed by atoms with Gasteiger partial charge in [0.15, 0.2) is 0 Å². The lowest BCUT2D eigenvalue weighted by atomic mass is 10.1. The topological polar surface area (TPSA) is 41.1 Å². The summed E-state index contributed by atoms with van der Waals surface area (Å²) in [6, 6.07) is 15.3. The van der Waals surface area contributed by atoms with Crippen LogP contribution in [0.4, 0.5) is 4.79 Å². The van der Waals surface area contributed by atoms with Gasteiger partial charge in [0, 0.05) is 22.6 Å². The van der Waals surface area contributed by atoms with Gasteiger partial charge in [0.05, 0.1) is 0 Å². The van der Waals surface area contributed by atoms with Crippen LogP contribution in [0.2, 0.25) is 5.02 Å². The van der Waals surface area contributed by atoms with Gasteiger partial charge in [-0.25, -0.2) is 4.79 Å². The van der Waals surface area contributed by atoms with E-state index in [4.69, 9.17) is 11.6 Å². The van der Waals surface area contributed by atoms with Crippen LogP contribution in [0.5, 0.6) is 0 Å². The van der Waals surface area contributed by atoms with Crippen molar-refractivity contribution in [3.8, 4) is 0 Å². The Hall–Kier alpha value is -1.52. The van der Waals surface area contributed by atoms with E-state index in [2.05, 4.69) is 26.6 Å². The first-order chi connectivity index (χ1) is 10.1. The molecule has 0 fully saturated rings. The van der Waals surface area contributed by atoms with E-state index in [0.29, 0.717) is 18.1 Å². The van der Waals surface area contributed by atoms with Crippen molar-refractivity contribution < 1.29 is 4.79 Å². The first-order valence-electron chi connectivity index (χ1n) is 6.65. The summed E-state index contributed by atoms with van der Waals surface area (Å²) >= 11 is 9.37. The first kappa shape index (κ1) is 15.9. The van der Waals surface area contributed by atoms with Gasteiger partial charge in [-0.15, -0.1) is 0 Å². The van der Waals surface area contributed by atoms with Gasteiger partial charge < -0.3 is 10.6 Å². The van der Waals surface area contributed by atoms with Crippen molar-refractivity contribution in [1.29, 1.82) is 0 Å². The summed E-state index contributed by atoms with van der Waals surface area (Å²) in [5.74, 6) is 0. The number of carbonyl (C=O) groups excluding carboxylic acids is 1. The molecule has 110 valence electrons. The maximum atomic E-state index is 11.7. The van der Waals surface area contributed by atoms with Crippen LogP contribution in [0, 0.1) is 0 Å². The molecule has 0 aliphatic carbocycles. The van der Waals surface area contributed by atoms with Crippen molar-refractivity contribution >= 4 is 33.6 Å². The molecule has 2 N–H and O–H groups in total. The van der Waals surface area contributed by atoms with Crippen molar-refractivity contribution in [3.05, 3.63) is 69.2 Å². The molecule has 0 aromatic heterocycles. The van der Waals surface area contributed by atoms with Gasteiger partial charge in [-0.2, -0.15) is 0 Å². The van der Waals surface area contributed by atoms with E-state index in [1.165, 1.54) is 0 Å². The van der Waals surface area contributed by atoms with Crippen molar-refractivity contribution in [1.82, 2.24) is 10.6 Å². The highest BCUT2D eigenvalue weighted by atomic mass is 79.9. The molecule has 0 spiro atoms. The molecular formula is C16H16BrClN2O. The van der Waals surface area contributed by atoms with Crippen LogP contribution in [0.3, 0.4) is 0 Å². The molecule has 2 amide bonds. The number of benzene rings is 2. The van der Waals surface area contributed by atoms with E-state index < -0.39 is 0 Å². The fourth-order valence-electron chi connectivity index (χ4n) is 1.89. The third-order valence-electron chi connectivity index (χ3n) is 2.99. The third kappa shape index (κ3) is 5.40. The zero-order valence-electron chi connectivity index (χ0n) is 11.4. The van der Waals surface area contributed by atoms with Crippen molar-refractivity contribution in [2.24, 2.45) is 0 Å². The average molecular weight is 368 g/mol. The molecule has 0 aliphatic rings. The number of rotatable bonds is 5. The molecule has 0 radical (unpaired) electrons. The Morgan fingerprint density at radius 1 is 1.10 bits per heavy atom. The maximum absolute atomic E-state index is 11.7. The molecule has 2 rings (SSSR count). The zero-order chi connectivity index (χ0) is 15.1. The Balaban J connectivity index is 1.72. The predicted octanol–water partition coefficient (Wildman–Crippen LogP) is 4.14. The second-order valence-electron chi connectivity index (χ2n) is 4.58. The second-order valence-corrected chi connectivity index (χ2v) is 5.87. The number of amides is 2. The standard InChI is InChI=1S/C16H16BrClN2O/c17-15-7-2-1-5-13(15)11-20-16(21)19-9-8-12-4-3-6-14(18)10-12/h1-7,10H,8-9,11H2,(H2,19,20,21). The Kier molecular flexibility index (Phi) is 6.08. The summed E-state index contributed by atoms with van der Waals surface area (Å²) in [6.07, 6.45) is 0.753. The average Bonchev–Trinajstić information content (AvgIpc) is 2.46. The van der Waals surface area contributed by atoms with Gasteiger partial charge in [-0.3, -0.25) is 0 Å². The Labute approximate surface area is 137 Å². The van der Waals surface area contributed by atoms with Crippen LogP contribution >= 0.6 is 27.5 Å². The molecule has 0 atom stereocenters. The fourth-order valence-corrected chi connectivity index (χ4v) is 2.53. The molecule has 0 bridgehead atoms. The van der Waals surface area contributed by atoms with Crippen LogP contribution in [0.15, 0.2) is 53.0 Å². The van der Waals surface area contributed by atoms with Crippen molar-refractivity contribution in [3.63, 3.8) is 0 Å². The molecule has 0 unspecified atom stereocenters. The van der Waals surface area contributed by atoms with E-state index in [0.717, 1.165) is 22.0 Å². The molecule has 0 saturated heterocycles. The van der Waals surface area contributed by atoms with E-state index in [9.17, 15) is 4.79 Å². The number of nitrogens with one attached hydrogen (secondary N) is 2. The number of hydrogen-bond acceptors (Lipinski definition) is 1. The summed E-state index contributed by atoms with van der Waals surface area (Å²) in [4.78, 5) is 11.7. The van der Waals surface area contributed by atoms with Crippen molar-refractivity contribution in [2.45, 2.75) is 13.0 Å². The Morgan fingerprint density at radius 3 is 2.67 bits per heavy atom. The summed E-state index contributed by atoms with van der Waals surface area (Å²) in [7, 11) is 0. The van der Waals surface area contributed by atoms with E-state index in [-0.39, 0.29) is 6.03 Å². The highest BCUT2D eigenvalue weighted by Crippen LogP contribution is 2.15. The maximum Gasteiger partial charge on any atom is 0.315 e. The fraction of sp³-hybridized carbons (Fsp3) is 0.188. The third-order valence-corrected chi connectivity index (χ3v) is 3.99. The van der Waals surface area contributed by atoms with Crippen LogP contribution in [-0.2, 0) is 13.0 Å². The molecule has 5 heteroatoms. The monoisotopic (exact) mass is 366 g/mol. The molecule has 21 heavy (non-hydrogen) atoms. The Morgan fingerprint density at radius 2 is 1.90 bits per heavy atom. The predicted molar refractivity (Wildman–Crippen MR) is 89.5 cm³/mol. The van der Waals surface area contributed by atoms with E-state index in [1.807, 2.05) is 48.5 Å². The first-order valence-corrected chi connectivity index (χ1v) is 7.82. The lowest BCUT2D eigenvalue weighted by Crippen LogP contribution is -2.36. The van der Waals surface area contributed by atoms with E-state index >= 15 is 0 Å². The van der Waals surface area contributed by atoms with Gasteiger partial charge in [0.25, 0.3) is 0 Å². The van der Waals surface area contributed by atoms with Crippen molar-refractivity contribution in [2.75, 3.05) is 6.54 Å². The van der Waals surface area contributed by atoms with Crippen LogP contribution < -0.4 is 10.6 Å². The summed E-state index contributed by atoms with van der Waals surface area (Å²) in [5.41, 5.74) is 2.15. The molecule has 2 aromatic carbocycles. The van der Waals surface area contributed by atoms with Gasteiger partial charge in [0.1, 0.15) is 0 Å². The minimum Gasteiger partial charge on any atom is -0.338 e. The number of urea groups is 1. The minimum absolute atomic E-state index is 0.173. The highest BCUT2D eigenvalue weighted by molar-refractivity contribution is 9.10. The lowest BCUT2D eigenvalue weighted by molar-refractivity contribution is 0.240. The van der Waals surface area contributed by atoms with Gasteiger partial charge >= 0.3 is 6.03 Å². The molecule has 3 nitrogen and oxygen atoms in total. The van der Waals surface area contributed by atoms with Gasteiger partial charge in [0.2, 0.25) is 0 Å².